The Morgan fingerprint density at radius 1 is 1.33 bits per heavy atom. The van der Waals surface area contributed by atoms with E-state index < -0.39 is 0 Å². The first kappa shape index (κ1) is 11.8. The van der Waals surface area contributed by atoms with Crippen molar-refractivity contribution in [2.75, 3.05) is 5.73 Å². The van der Waals surface area contributed by atoms with Crippen LogP contribution in [-0.2, 0) is 5.41 Å². The summed E-state index contributed by atoms with van der Waals surface area (Å²) in [6.07, 6.45) is 1.83. The van der Waals surface area contributed by atoms with E-state index in [1.807, 2.05) is 19.9 Å². The third kappa shape index (κ3) is 2.85. The van der Waals surface area contributed by atoms with Gasteiger partial charge in [-0.05, 0) is 25.3 Å². The maximum atomic E-state index is 5.83. The van der Waals surface area contributed by atoms with Crippen LogP contribution < -0.4 is 10.5 Å². The Morgan fingerprint density at radius 3 is 2.40 bits per heavy atom. The number of nitrogens with zero attached hydrogens (tertiary/aromatic N) is 1. The zero-order valence-corrected chi connectivity index (χ0v) is 10.2. The van der Waals surface area contributed by atoms with E-state index >= 15 is 0 Å². The van der Waals surface area contributed by atoms with Gasteiger partial charge in [0.15, 0.2) is 11.6 Å². The summed E-state index contributed by atoms with van der Waals surface area (Å²) >= 11 is 0. The molecule has 3 nitrogen and oxygen atoms in total. The maximum Gasteiger partial charge on any atom is 0.166 e. The van der Waals surface area contributed by atoms with E-state index in [1.165, 1.54) is 0 Å². The van der Waals surface area contributed by atoms with Crippen LogP contribution >= 0.6 is 0 Å². The second-order valence-electron chi connectivity index (χ2n) is 4.99. The fraction of sp³-hybridized carbons (Fsp3) is 0.583. The maximum absolute atomic E-state index is 5.83. The van der Waals surface area contributed by atoms with Crippen LogP contribution in [0.1, 0.15) is 40.2 Å². The van der Waals surface area contributed by atoms with Crippen LogP contribution in [0.3, 0.4) is 0 Å². The highest BCUT2D eigenvalue weighted by molar-refractivity contribution is 5.53. The zero-order chi connectivity index (χ0) is 11.6. The number of anilines is 1. The highest BCUT2D eigenvalue weighted by Gasteiger charge is 2.21. The van der Waals surface area contributed by atoms with Gasteiger partial charge >= 0.3 is 0 Å². The third-order valence-corrected chi connectivity index (χ3v) is 2.09. The third-order valence-electron chi connectivity index (χ3n) is 2.09. The number of hydrogen-bond donors (Lipinski definition) is 1. The minimum Gasteiger partial charge on any atom is -0.487 e. The number of pyridine rings is 1. The van der Waals surface area contributed by atoms with E-state index in [2.05, 4.69) is 25.8 Å². The molecule has 0 spiro atoms. The molecule has 15 heavy (non-hydrogen) atoms. The van der Waals surface area contributed by atoms with E-state index in [-0.39, 0.29) is 11.5 Å². The van der Waals surface area contributed by atoms with Crippen LogP contribution in [0.25, 0.3) is 0 Å². The highest BCUT2D eigenvalue weighted by atomic mass is 16.5. The fourth-order valence-electron chi connectivity index (χ4n) is 1.41. The minimum atomic E-state index is 0.0152. The number of nitrogens with two attached hydrogens (primary N) is 1. The van der Waals surface area contributed by atoms with Crippen molar-refractivity contribution < 1.29 is 4.74 Å². The first-order valence-electron chi connectivity index (χ1n) is 5.24. The molecule has 0 amide bonds. The molecule has 0 saturated heterocycles. The van der Waals surface area contributed by atoms with E-state index in [9.17, 15) is 0 Å². The van der Waals surface area contributed by atoms with E-state index in [4.69, 9.17) is 10.5 Å². The molecule has 0 bridgehead atoms. The Balaban J connectivity index is 3.21. The van der Waals surface area contributed by atoms with E-state index in [1.54, 1.807) is 6.20 Å². The molecule has 0 unspecified atom stereocenters. The summed E-state index contributed by atoms with van der Waals surface area (Å²) in [6.45, 7) is 10.4. The number of nitrogen functional groups attached to an aromatic ring is 1. The molecular weight excluding hydrogens is 188 g/mol. The molecular formula is C12H20N2O. The van der Waals surface area contributed by atoms with Gasteiger partial charge in [-0.25, -0.2) is 4.98 Å². The predicted molar refractivity (Wildman–Crippen MR) is 63.1 cm³/mol. The number of ether oxygens (including phenoxy) is 1. The van der Waals surface area contributed by atoms with Crippen molar-refractivity contribution in [3.63, 3.8) is 0 Å². The van der Waals surface area contributed by atoms with Gasteiger partial charge in [0, 0.05) is 11.8 Å². The summed E-state index contributed by atoms with van der Waals surface area (Å²) < 4.78 is 5.72. The molecule has 0 aliphatic heterocycles. The molecule has 1 aromatic heterocycles. The van der Waals surface area contributed by atoms with Crippen molar-refractivity contribution in [2.45, 2.75) is 46.1 Å². The number of hydrogen-bond acceptors (Lipinski definition) is 3. The van der Waals surface area contributed by atoms with Crippen LogP contribution in [0.2, 0.25) is 0 Å². The van der Waals surface area contributed by atoms with Crippen LogP contribution in [0.4, 0.5) is 5.82 Å². The lowest BCUT2D eigenvalue weighted by Crippen LogP contribution is -2.17. The van der Waals surface area contributed by atoms with E-state index in [0.717, 1.165) is 11.3 Å². The molecule has 0 aliphatic rings. The average Bonchev–Trinajstić information content (AvgIpc) is 2.05. The molecule has 0 aromatic carbocycles. The van der Waals surface area contributed by atoms with Crippen molar-refractivity contribution in [1.29, 1.82) is 0 Å². The SMILES string of the molecule is CC(C)Oc1c(C(C)(C)C)ccnc1N. The summed E-state index contributed by atoms with van der Waals surface area (Å²) in [4.78, 5) is 4.06. The van der Waals surface area contributed by atoms with Crippen molar-refractivity contribution in [3.8, 4) is 5.75 Å². The molecule has 0 aliphatic carbocycles. The molecule has 0 atom stereocenters. The number of aromatic nitrogens is 1. The van der Waals surface area contributed by atoms with Crippen LogP contribution in [0.15, 0.2) is 12.3 Å². The summed E-state index contributed by atoms with van der Waals surface area (Å²) in [5, 5.41) is 0. The predicted octanol–water partition coefficient (Wildman–Crippen LogP) is 2.75. The molecule has 3 heteroatoms. The van der Waals surface area contributed by atoms with Crippen molar-refractivity contribution >= 4 is 5.82 Å². The standard InChI is InChI=1S/C12H20N2O/c1-8(2)15-10-9(12(3,4)5)6-7-14-11(10)13/h6-8H,1-5H3,(H2,13,14). The van der Waals surface area contributed by atoms with Gasteiger partial charge in [-0.15, -0.1) is 0 Å². The zero-order valence-electron chi connectivity index (χ0n) is 10.2. The largest absolute Gasteiger partial charge is 0.487 e. The topological polar surface area (TPSA) is 48.1 Å². The Bertz CT molecular complexity index is 340. The van der Waals surface area contributed by atoms with Crippen LogP contribution in [0, 0.1) is 0 Å². The second-order valence-corrected chi connectivity index (χ2v) is 4.99. The lowest BCUT2D eigenvalue weighted by atomic mass is 9.87. The van der Waals surface area contributed by atoms with Gasteiger partial charge in [0.1, 0.15) is 0 Å². The molecule has 0 radical (unpaired) electrons. The normalized spacial score (nSPS) is 11.9. The lowest BCUT2D eigenvalue weighted by Gasteiger charge is -2.24. The van der Waals surface area contributed by atoms with Gasteiger partial charge in [0.05, 0.1) is 6.10 Å². The summed E-state index contributed by atoms with van der Waals surface area (Å²) in [6, 6.07) is 1.97. The smallest absolute Gasteiger partial charge is 0.166 e. The van der Waals surface area contributed by atoms with Crippen molar-refractivity contribution in [3.05, 3.63) is 17.8 Å². The first-order valence-corrected chi connectivity index (χ1v) is 5.24. The van der Waals surface area contributed by atoms with Crippen LogP contribution in [-0.4, -0.2) is 11.1 Å². The molecule has 1 rings (SSSR count). The second kappa shape index (κ2) is 4.09. The van der Waals surface area contributed by atoms with Crippen molar-refractivity contribution in [2.24, 2.45) is 0 Å². The van der Waals surface area contributed by atoms with Gasteiger partial charge in [0.25, 0.3) is 0 Å². The fourth-order valence-corrected chi connectivity index (χ4v) is 1.41. The highest BCUT2D eigenvalue weighted by Crippen LogP contribution is 2.34. The Hall–Kier alpha value is -1.25. The van der Waals surface area contributed by atoms with E-state index in [0.29, 0.717) is 5.82 Å². The molecule has 0 fully saturated rings. The Labute approximate surface area is 91.7 Å². The lowest BCUT2D eigenvalue weighted by molar-refractivity contribution is 0.237. The van der Waals surface area contributed by atoms with Gasteiger partial charge in [-0.3, -0.25) is 0 Å². The summed E-state index contributed by atoms with van der Waals surface area (Å²) in [5.74, 6) is 1.19. The molecule has 0 saturated carbocycles. The minimum absolute atomic E-state index is 0.0152. The van der Waals surface area contributed by atoms with Crippen LogP contribution in [0.5, 0.6) is 5.75 Å². The average molecular weight is 208 g/mol. The molecule has 1 aromatic rings. The van der Waals surface area contributed by atoms with Gasteiger partial charge in [-0.2, -0.15) is 0 Å². The quantitative estimate of drug-likeness (QED) is 0.813. The van der Waals surface area contributed by atoms with Crippen molar-refractivity contribution in [1.82, 2.24) is 4.98 Å². The number of rotatable bonds is 2. The van der Waals surface area contributed by atoms with Gasteiger partial charge < -0.3 is 10.5 Å². The first-order chi connectivity index (χ1) is 6.82. The summed E-state index contributed by atoms with van der Waals surface area (Å²) in [7, 11) is 0. The molecule has 84 valence electrons. The van der Waals surface area contributed by atoms with Gasteiger partial charge in [-0.1, -0.05) is 20.8 Å². The monoisotopic (exact) mass is 208 g/mol. The molecule has 1 heterocycles. The Morgan fingerprint density at radius 2 is 1.93 bits per heavy atom. The van der Waals surface area contributed by atoms with Gasteiger partial charge in [0.2, 0.25) is 0 Å². The Kier molecular flexibility index (Phi) is 3.22. The molecule has 2 N–H and O–H groups in total. The summed E-state index contributed by atoms with van der Waals surface area (Å²) in [5.41, 5.74) is 6.95.